The van der Waals surface area contributed by atoms with Crippen molar-refractivity contribution < 1.29 is 5.11 Å². The Kier molecular flexibility index (Phi) is 6.35. The third kappa shape index (κ3) is 3.66. The third-order valence-electron chi connectivity index (χ3n) is 10.8. The predicted molar refractivity (Wildman–Crippen MR) is 128 cm³/mol. The van der Waals surface area contributed by atoms with Crippen molar-refractivity contribution in [2.75, 3.05) is 0 Å². The second-order valence-corrected chi connectivity index (χ2v) is 12.4. The van der Waals surface area contributed by atoms with Gasteiger partial charge in [-0.1, -0.05) is 57.9 Å². The molecular weight excluding hydrogens is 364 g/mol. The van der Waals surface area contributed by atoms with Crippen LogP contribution in [0.1, 0.15) is 106 Å². The lowest BCUT2D eigenvalue weighted by atomic mass is 9.47. The van der Waals surface area contributed by atoms with Crippen molar-refractivity contribution in [2.45, 2.75) is 112 Å². The van der Waals surface area contributed by atoms with E-state index >= 15 is 0 Å². The lowest BCUT2D eigenvalue weighted by Crippen LogP contribution is -2.50. The number of hydrogen-bond donors (Lipinski definition) is 1. The van der Waals surface area contributed by atoms with Crippen molar-refractivity contribution in [3.05, 3.63) is 23.3 Å². The van der Waals surface area contributed by atoms with Crippen molar-refractivity contribution >= 4 is 0 Å². The van der Waals surface area contributed by atoms with Crippen LogP contribution in [0, 0.1) is 46.3 Å². The minimum atomic E-state index is -0.0839. The van der Waals surface area contributed by atoms with Gasteiger partial charge in [0.05, 0.1) is 6.10 Å². The number of fused-ring (bicyclic) bond motifs is 5. The van der Waals surface area contributed by atoms with E-state index in [0.717, 1.165) is 42.4 Å². The zero-order chi connectivity index (χ0) is 21.7. The molecular formula is C29H48O. The Balaban J connectivity index is 1.49. The summed E-state index contributed by atoms with van der Waals surface area (Å²) in [6.07, 6.45) is 17.8. The van der Waals surface area contributed by atoms with Gasteiger partial charge in [-0.25, -0.2) is 0 Å². The Hall–Kier alpha value is -0.560. The molecule has 8 atom stereocenters. The van der Waals surface area contributed by atoms with Gasteiger partial charge in [0.15, 0.2) is 0 Å². The summed E-state index contributed by atoms with van der Waals surface area (Å²) in [6, 6.07) is 0. The van der Waals surface area contributed by atoms with E-state index in [1.807, 2.05) is 0 Å². The van der Waals surface area contributed by atoms with Crippen molar-refractivity contribution in [2.24, 2.45) is 46.3 Å². The molecule has 4 rings (SSSR count). The summed E-state index contributed by atoms with van der Waals surface area (Å²) in [5, 5.41) is 10.2. The molecule has 1 heteroatoms. The first-order chi connectivity index (χ1) is 14.2. The van der Waals surface area contributed by atoms with Crippen LogP contribution in [0.4, 0.5) is 0 Å². The van der Waals surface area contributed by atoms with E-state index in [-0.39, 0.29) is 6.10 Å². The molecule has 4 aliphatic rings. The average Bonchev–Trinajstić information content (AvgIpc) is 3.06. The highest BCUT2D eigenvalue weighted by Gasteiger charge is 2.59. The van der Waals surface area contributed by atoms with Gasteiger partial charge in [0.2, 0.25) is 0 Å². The number of allylic oxidation sites excluding steroid dienone is 3. The molecule has 0 heterocycles. The number of hydrogen-bond acceptors (Lipinski definition) is 1. The van der Waals surface area contributed by atoms with Crippen molar-refractivity contribution in [1.82, 2.24) is 0 Å². The van der Waals surface area contributed by atoms with Crippen LogP contribution in [0.5, 0.6) is 0 Å². The summed E-state index contributed by atoms with van der Waals surface area (Å²) in [5.41, 5.74) is 4.21. The van der Waals surface area contributed by atoms with Crippen molar-refractivity contribution in [1.29, 1.82) is 0 Å². The normalized spacial score (nSPS) is 44.9. The second-order valence-electron chi connectivity index (χ2n) is 12.4. The van der Waals surface area contributed by atoms with E-state index in [1.54, 1.807) is 11.1 Å². The summed E-state index contributed by atoms with van der Waals surface area (Å²) in [4.78, 5) is 0. The van der Waals surface area contributed by atoms with E-state index in [1.165, 1.54) is 51.4 Å². The highest BCUT2D eigenvalue weighted by atomic mass is 16.3. The van der Waals surface area contributed by atoms with E-state index in [9.17, 15) is 5.11 Å². The zero-order valence-corrected chi connectivity index (χ0v) is 20.7. The molecule has 0 radical (unpaired) electrons. The molecule has 0 aromatic rings. The highest BCUT2D eigenvalue weighted by molar-refractivity contribution is 5.25. The third-order valence-corrected chi connectivity index (χ3v) is 10.8. The molecule has 0 aromatic heterocycles. The lowest BCUT2D eigenvalue weighted by Gasteiger charge is -2.58. The molecule has 0 bridgehead atoms. The molecule has 1 N–H and O–H groups in total. The Bertz CT molecular complexity index is 686. The standard InChI is InChI=1S/C29H48O/c1-7-21(19(2)3)9-8-20(4)25-12-13-26-24-11-10-22-18-23(30)14-16-28(22,5)27(24)15-17-29(25,26)6/h7,10,19-20,23-27,30H,8-9,11-18H2,1-6H3/b21-7-/t20-,23+,24+,25-,26+,27+,28+,29-/m0/s1. The van der Waals surface area contributed by atoms with Crippen molar-refractivity contribution in [3.63, 3.8) is 0 Å². The largest absolute Gasteiger partial charge is 0.393 e. The van der Waals surface area contributed by atoms with Gasteiger partial charge >= 0.3 is 0 Å². The second kappa shape index (κ2) is 8.42. The maximum atomic E-state index is 10.2. The topological polar surface area (TPSA) is 20.2 Å². The van der Waals surface area contributed by atoms with Gasteiger partial charge < -0.3 is 5.11 Å². The first-order valence-corrected chi connectivity index (χ1v) is 13.2. The van der Waals surface area contributed by atoms with Gasteiger partial charge in [0.25, 0.3) is 0 Å². The molecule has 4 aliphatic carbocycles. The molecule has 0 spiro atoms. The first kappa shape index (κ1) is 22.6. The molecule has 30 heavy (non-hydrogen) atoms. The molecule has 0 aliphatic heterocycles. The lowest BCUT2D eigenvalue weighted by molar-refractivity contribution is -0.0571. The van der Waals surface area contributed by atoms with E-state index in [2.05, 4.69) is 53.7 Å². The minimum absolute atomic E-state index is 0.0839. The highest BCUT2D eigenvalue weighted by Crippen LogP contribution is 2.67. The number of aliphatic hydroxyl groups is 1. The molecule has 3 fully saturated rings. The smallest absolute Gasteiger partial charge is 0.0577 e. The molecule has 3 saturated carbocycles. The van der Waals surface area contributed by atoms with Crippen LogP contribution < -0.4 is 0 Å². The number of aliphatic hydroxyl groups excluding tert-OH is 1. The zero-order valence-electron chi connectivity index (χ0n) is 20.7. The minimum Gasteiger partial charge on any atom is -0.393 e. The Morgan fingerprint density at radius 1 is 1.10 bits per heavy atom. The molecule has 170 valence electrons. The first-order valence-electron chi connectivity index (χ1n) is 13.2. The van der Waals surface area contributed by atoms with E-state index in [0.29, 0.717) is 16.7 Å². The molecule has 0 amide bonds. The van der Waals surface area contributed by atoms with Crippen LogP contribution in [0.15, 0.2) is 23.3 Å². The van der Waals surface area contributed by atoms with Crippen LogP contribution in [0.2, 0.25) is 0 Å². The number of rotatable bonds is 5. The SMILES string of the molecule is C/C=C(/CC[C@H](C)[C@@H]1CC[C@@H]2[C@H]3CC=C4C[C@H](O)CC[C@@]4(C)[C@@H]3CC[C@]21C)C(C)C. The van der Waals surface area contributed by atoms with Crippen molar-refractivity contribution in [3.8, 4) is 0 Å². The summed E-state index contributed by atoms with van der Waals surface area (Å²) in [7, 11) is 0. The fraction of sp³-hybridized carbons (Fsp3) is 0.862. The summed E-state index contributed by atoms with van der Waals surface area (Å²) < 4.78 is 0. The summed E-state index contributed by atoms with van der Waals surface area (Å²) in [5.74, 6) is 5.15. The summed E-state index contributed by atoms with van der Waals surface area (Å²) in [6.45, 7) is 14.7. The maximum absolute atomic E-state index is 10.2. The molecule has 0 saturated heterocycles. The van der Waals surface area contributed by atoms with Gasteiger partial charge in [-0.05, 0) is 117 Å². The van der Waals surface area contributed by atoms with Gasteiger partial charge in [0.1, 0.15) is 0 Å². The fourth-order valence-electron chi connectivity index (χ4n) is 8.98. The maximum Gasteiger partial charge on any atom is 0.0577 e. The Labute approximate surface area is 186 Å². The van der Waals surface area contributed by atoms with Crippen LogP contribution in [0.3, 0.4) is 0 Å². The monoisotopic (exact) mass is 412 g/mol. The average molecular weight is 413 g/mol. The van der Waals surface area contributed by atoms with E-state index < -0.39 is 0 Å². The molecule has 1 nitrogen and oxygen atoms in total. The van der Waals surface area contributed by atoms with Crippen LogP contribution in [0.25, 0.3) is 0 Å². The molecule has 0 aromatic carbocycles. The van der Waals surface area contributed by atoms with Gasteiger partial charge in [-0.15, -0.1) is 0 Å². The van der Waals surface area contributed by atoms with Gasteiger partial charge in [0, 0.05) is 0 Å². The van der Waals surface area contributed by atoms with Crippen LogP contribution in [-0.2, 0) is 0 Å². The predicted octanol–water partition coefficient (Wildman–Crippen LogP) is 7.94. The van der Waals surface area contributed by atoms with Crippen LogP contribution in [-0.4, -0.2) is 11.2 Å². The fourth-order valence-corrected chi connectivity index (χ4v) is 8.98. The quantitative estimate of drug-likeness (QED) is 0.454. The van der Waals surface area contributed by atoms with E-state index in [4.69, 9.17) is 0 Å². The summed E-state index contributed by atoms with van der Waals surface area (Å²) >= 11 is 0. The van der Waals surface area contributed by atoms with Gasteiger partial charge in [-0.2, -0.15) is 0 Å². The van der Waals surface area contributed by atoms with Gasteiger partial charge in [-0.3, -0.25) is 0 Å². The van der Waals surface area contributed by atoms with Crippen LogP contribution >= 0.6 is 0 Å². The molecule has 0 unspecified atom stereocenters. The Morgan fingerprint density at radius 3 is 2.57 bits per heavy atom. The Morgan fingerprint density at radius 2 is 1.87 bits per heavy atom.